The average Bonchev–Trinajstić information content (AvgIpc) is 2.74. The summed E-state index contributed by atoms with van der Waals surface area (Å²) in [7, 11) is -1.66. The highest BCUT2D eigenvalue weighted by Gasteiger charge is 2.34. The van der Waals surface area contributed by atoms with Gasteiger partial charge in [0.15, 0.2) is 0 Å². The molecule has 1 N–H and O–H groups in total. The van der Waals surface area contributed by atoms with Crippen LogP contribution in [0.15, 0.2) is 48.5 Å². The van der Waals surface area contributed by atoms with Crippen LogP contribution in [0.3, 0.4) is 0 Å². The Morgan fingerprint density at radius 2 is 1.71 bits per heavy atom. The minimum atomic E-state index is -4.24. The smallest absolute Gasteiger partial charge is 0.304 e. The van der Waals surface area contributed by atoms with Crippen molar-refractivity contribution in [3.8, 4) is 0 Å². The van der Waals surface area contributed by atoms with Gasteiger partial charge in [-0.05, 0) is 57.5 Å². The first-order valence-electron chi connectivity index (χ1n) is 10.9. The second-order valence-corrected chi connectivity index (χ2v) is 11.8. The maximum atomic E-state index is 14.6. The summed E-state index contributed by atoms with van der Waals surface area (Å²) in [5.41, 5.74) is -0.179. The number of rotatable bonds is 9. The van der Waals surface area contributed by atoms with Gasteiger partial charge in [0.25, 0.3) is 0 Å². The summed E-state index contributed by atoms with van der Waals surface area (Å²) in [5, 5.41) is 3.28. The molecule has 35 heavy (non-hydrogen) atoms. The van der Waals surface area contributed by atoms with Crippen LogP contribution in [-0.4, -0.2) is 61.7 Å². The second-order valence-electron chi connectivity index (χ2n) is 9.32. The molecular weight excluding hydrogens is 495 g/mol. The normalized spacial score (nSPS) is 12.8. The molecule has 0 aliphatic carbocycles. The highest BCUT2D eigenvalue weighted by atomic mass is 35.5. The fourth-order valence-electron chi connectivity index (χ4n) is 3.24. The third-order valence-electron chi connectivity index (χ3n) is 5.05. The van der Waals surface area contributed by atoms with Crippen molar-refractivity contribution in [1.29, 1.82) is 0 Å². The topological polar surface area (TPSA) is 90.0 Å². The lowest BCUT2D eigenvalue weighted by Crippen LogP contribution is -2.55. The molecule has 1 unspecified atom stereocenters. The summed E-state index contributed by atoms with van der Waals surface area (Å²) in [5.74, 6) is -1.90. The molecule has 2 aromatic rings. The van der Waals surface area contributed by atoms with Gasteiger partial charge in [0, 0.05) is 31.2 Å². The van der Waals surface area contributed by atoms with Crippen molar-refractivity contribution in [2.24, 2.45) is 0 Å². The molecule has 2 rings (SSSR count). The van der Waals surface area contributed by atoms with E-state index < -0.39 is 46.0 Å². The molecular formula is C24H32ClFN4O4S. The van der Waals surface area contributed by atoms with Gasteiger partial charge in [-0.25, -0.2) is 8.70 Å². The number of amides is 2. The van der Waals surface area contributed by atoms with E-state index in [4.69, 9.17) is 11.6 Å². The highest BCUT2D eigenvalue weighted by Crippen LogP contribution is 2.24. The van der Waals surface area contributed by atoms with Crippen LogP contribution >= 0.6 is 11.6 Å². The monoisotopic (exact) mass is 526 g/mol. The van der Waals surface area contributed by atoms with Crippen LogP contribution in [0.5, 0.6) is 0 Å². The van der Waals surface area contributed by atoms with Crippen molar-refractivity contribution in [2.45, 2.75) is 45.8 Å². The largest absolute Gasteiger partial charge is 0.350 e. The Morgan fingerprint density at radius 3 is 2.26 bits per heavy atom. The van der Waals surface area contributed by atoms with Gasteiger partial charge in [0.05, 0.1) is 5.69 Å². The Kier molecular flexibility index (Phi) is 9.27. The molecule has 0 aromatic heterocycles. The first-order valence-corrected chi connectivity index (χ1v) is 12.7. The molecule has 192 valence electrons. The zero-order valence-electron chi connectivity index (χ0n) is 20.7. The lowest BCUT2D eigenvalue weighted by atomic mass is 10.1. The Bertz CT molecular complexity index is 1170. The molecule has 1 atom stereocenters. The minimum Gasteiger partial charge on any atom is -0.350 e. The third-order valence-corrected chi connectivity index (χ3v) is 7.09. The van der Waals surface area contributed by atoms with E-state index >= 15 is 0 Å². The van der Waals surface area contributed by atoms with E-state index in [-0.39, 0.29) is 12.2 Å². The van der Waals surface area contributed by atoms with Crippen molar-refractivity contribution >= 4 is 39.3 Å². The van der Waals surface area contributed by atoms with Gasteiger partial charge >= 0.3 is 10.2 Å². The lowest BCUT2D eigenvalue weighted by Gasteiger charge is -2.34. The van der Waals surface area contributed by atoms with Crippen LogP contribution in [0, 0.1) is 5.82 Å². The van der Waals surface area contributed by atoms with Gasteiger partial charge in [-0.15, -0.1) is 0 Å². The van der Waals surface area contributed by atoms with Gasteiger partial charge in [-0.1, -0.05) is 35.9 Å². The summed E-state index contributed by atoms with van der Waals surface area (Å²) in [4.78, 5) is 27.8. The van der Waals surface area contributed by atoms with Gasteiger partial charge in [-0.2, -0.15) is 12.7 Å². The van der Waals surface area contributed by atoms with Crippen molar-refractivity contribution in [3.05, 3.63) is 64.9 Å². The number of hydrogen-bond acceptors (Lipinski definition) is 4. The molecule has 8 nitrogen and oxygen atoms in total. The fraction of sp³-hybridized carbons (Fsp3) is 0.417. The van der Waals surface area contributed by atoms with Crippen molar-refractivity contribution < 1.29 is 22.4 Å². The number of anilines is 1. The molecule has 0 radical (unpaired) electrons. The quantitative estimate of drug-likeness (QED) is 0.542. The third kappa shape index (κ3) is 7.65. The van der Waals surface area contributed by atoms with E-state index in [0.717, 1.165) is 10.4 Å². The van der Waals surface area contributed by atoms with Crippen LogP contribution in [-0.2, 0) is 26.3 Å². The summed E-state index contributed by atoms with van der Waals surface area (Å²) < 4.78 is 42.3. The number of nitrogens with one attached hydrogen (secondary N) is 1. The number of halogens is 2. The van der Waals surface area contributed by atoms with E-state index in [1.165, 1.54) is 37.2 Å². The predicted octanol–water partition coefficient (Wildman–Crippen LogP) is 3.42. The summed E-state index contributed by atoms with van der Waals surface area (Å²) >= 11 is 6.10. The summed E-state index contributed by atoms with van der Waals surface area (Å²) in [6, 6.07) is 11.1. The van der Waals surface area contributed by atoms with Crippen LogP contribution in [0.2, 0.25) is 5.02 Å². The molecule has 0 heterocycles. The molecule has 11 heteroatoms. The first kappa shape index (κ1) is 28.5. The number of hydrogen-bond donors (Lipinski definition) is 1. The van der Waals surface area contributed by atoms with Crippen molar-refractivity contribution in [1.82, 2.24) is 14.5 Å². The molecule has 0 aliphatic heterocycles. The van der Waals surface area contributed by atoms with Crippen LogP contribution in [0.4, 0.5) is 10.1 Å². The Labute approximate surface area is 211 Å². The average molecular weight is 527 g/mol. The van der Waals surface area contributed by atoms with E-state index in [1.807, 2.05) is 20.8 Å². The maximum Gasteiger partial charge on any atom is 0.304 e. The molecule has 0 aliphatic rings. The number of carbonyl (C=O) groups is 2. The highest BCUT2D eigenvalue weighted by molar-refractivity contribution is 7.90. The minimum absolute atomic E-state index is 0.00868. The molecule has 2 amide bonds. The number of carbonyl (C=O) groups excluding carboxylic acids is 2. The number of nitrogens with zero attached hydrogens (tertiary/aromatic N) is 3. The van der Waals surface area contributed by atoms with Crippen molar-refractivity contribution in [2.75, 3.05) is 24.9 Å². The van der Waals surface area contributed by atoms with E-state index in [2.05, 4.69) is 5.32 Å². The first-order chi connectivity index (χ1) is 16.1. The zero-order chi connectivity index (χ0) is 26.6. The Hall–Kier alpha value is -2.69. The van der Waals surface area contributed by atoms with E-state index in [1.54, 1.807) is 31.2 Å². The molecule has 0 bridgehead atoms. The van der Waals surface area contributed by atoms with E-state index in [0.29, 0.717) is 14.9 Å². The second kappa shape index (κ2) is 11.4. The van der Waals surface area contributed by atoms with Gasteiger partial charge in [0.2, 0.25) is 11.8 Å². The van der Waals surface area contributed by atoms with Crippen LogP contribution in [0.25, 0.3) is 0 Å². The molecule has 0 spiro atoms. The molecule has 0 saturated heterocycles. The molecule has 0 saturated carbocycles. The Balaban J connectivity index is 2.49. The number of benzene rings is 2. The van der Waals surface area contributed by atoms with Crippen LogP contribution in [0.1, 0.15) is 33.3 Å². The zero-order valence-corrected chi connectivity index (χ0v) is 22.3. The Morgan fingerprint density at radius 1 is 1.09 bits per heavy atom. The summed E-state index contributed by atoms with van der Waals surface area (Å²) in [6.07, 6.45) is 0. The summed E-state index contributed by atoms with van der Waals surface area (Å²) in [6.45, 7) is 6.26. The fourth-order valence-corrected chi connectivity index (χ4v) is 4.52. The number of para-hydroxylation sites is 1. The van der Waals surface area contributed by atoms with Crippen LogP contribution < -0.4 is 9.62 Å². The van der Waals surface area contributed by atoms with E-state index in [9.17, 15) is 22.4 Å². The predicted molar refractivity (Wildman–Crippen MR) is 136 cm³/mol. The SMILES string of the molecule is CC(C(=O)NC(C)(C)C)N(Cc1cccc(Cl)c1)C(=O)CN(c1ccccc1F)S(=O)(=O)N(C)C. The maximum absolute atomic E-state index is 14.6. The molecule has 0 fully saturated rings. The van der Waals surface area contributed by atoms with Gasteiger partial charge in [0.1, 0.15) is 18.4 Å². The van der Waals surface area contributed by atoms with Crippen molar-refractivity contribution in [3.63, 3.8) is 0 Å². The standard InChI is InChI=1S/C24H32ClFN4O4S/c1-17(23(32)27-24(2,3)4)29(15-18-10-9-11-19(25)14-18)22(31)16-30(35(33,34)28(5)6)21-13-8-7-12-20(21)26/h7-14,17H,15-16H2,1-6H3,(H,27,32). The lowest BCUT2D eigenvalue weighted by molar-refractivity contribution is -0.140. The van der Waals surface area contributed by atoms with Gasteiger partial charge < -0.3 is 10.2 Å². The molecule has 2 aromatic carbocycles. The van der Waals surface area contributed by atoms with Gasteiger partial charge in [-0.3, -0.25) is 9.59 Å².